The molecule has 0 saturated heterocycles. The molecule has 9 heteroatoms. The van der Waals surface area contributed by atoms with Gasteiger partial charge in [-0.15, -0.1) is 0 Å². The van der Waals surface area contributed by atoms with Gasteiger partial charge in [-0.05, 0) is 66.6 Å². The smallest absolute Gasteiger partial charge is 0.261 e. The predicted molar refractivity (Wildman–Crippen MR) is 130 cm³/mol. The molecule has 3 rings (SSSR count). The molecular formula is C21H17Cl3N2O2S2. The van der Waals surface area contributed by atoms with Gasteiger partial charge in [0.15, 0.2) is 0 Å². The highest BCUT2D eigenvalue weighted by molar-refractivity contribution is 7.92. The number of rotatable bonds is 6. The number of aryl methyl sites for hydroxylation is 1. The zero-order valence-corrected chi connectivity index (χ0v) is 19.6. The fraction of sp³-hybridized carbons (Fsp3) is 0.0952. The number of anilines is 2. The summed E-state index contributed by atoms with van der Waals surface area (Å²) in [4.78, 5) is 0.374. The van der Waals surface area contributed by atoms with Crippen molar-refractivity contribution in [1.29, 1.82) is 0 Å². The first-order valence-corrected chi connectivity index (χ1v) is 11.9. The van der Waals surface area contributed by atoms with Crippen LogP contribution < -0.4 is 10.0 Å². The second kappa shape index (κ2) is 9.54. The largest absolute Gasteiger partial charge is 0.346 e. The number of hydrogen-bond donors (Lipinski definition) is 2. The Kier molecular flexibility index (Phi) is 7.26. The van der Waals surface area contributed by atoms with Crippen molar-refractivity contribution < 1.29 is 8.42 Å². The Balaban J connectivity index is 1.95. The van der Waals surface area contributed by atoms with Crippen molar-refractivity contribution in [2.45, 2.75) is 18.2 Å². The molecule has 4 nitrogen and oxygen atoms in total. The molecule has 0 bridgehead atoms. The van der Waals surface area contributed by atoms with E-state index < -0.39 is 10.0 Å². The Morgan fingerprint density at radius 1 is 0.933 bits per heavy atom. The number of halogens is 3. The summed E-state index contributed by atoms with van der Waals surface area (Å²) in [5, 5.41) is 4.15. The van der Waals surface area contributed by atoms with Gasteiger partial charge in [-0.2, -0.15) is 0 Å². The summed E-state index contributed by atoms with van der Waals surface area (Å²) in [6.07, 6.45) is 0.774. The molecule has 0 unspecified atom stereocenters. The van der Waals surface area contributed by atoms with Gasteiger partial charge in [0.25, 0.3) is 10.0 Å². The van der Waals surface area contributed by atoms with E-state index in [-0.39, 0.29) is 14.9 Å². The van der Waals surface area contributed by atoms with Gasteiger partial charge in [-0.1, -0.05) is 60.0 Å². The van der Waals surface area contributed by atoms with Crippen molar-refractivity contribution >= 4 is 73.4 Å². The van der Waals surface area contributed by atoms with Gasteiger partial charge in [0, 0.05) is 16.3 Å². The second-order valence-corrected chi connectivity index (χ2v) is 9.72. The van der Waals surface area contributed by atoms with Crippen molar-refractivity contribution in [2.24, 2.45) is 0 Å². The van der Waals surface area contributed by atoms with E-state index in [1.165, 1.54) is 18.2 Å². The molecule has 0 atom stereocenters. The van der Waals surface area contributed by atoms with Gasteiger partial charge in [0.05, 0.1) is 20.6 Å². The molecule has 0 amide bonds. The third kappa shape index (κ3) is 5.45. The molecule has 156 valence electrons. The normalized spacial score (nSPS) is 11.2. The van der Waals surface area contributed by atoms with Gasteiger partial charge in [0.2, 0.25) is 0 Å². The van der Waals surface area contributed by atoms with E-state index >= 15 is 0 Å². The molecule has 0 aromatic heterocycles. The number of thiocarbonyl (C=S) groups is 1. The molecule has 3 aromatic carbocycles. The average molecular weight is 500 g/mol. The zero-order chi connectivity index (χ0) is 21.9. The van der Waals surface area contributed by atoms with Gasteiger partial charge in [-0.25, -0.2) is 8.42 Å². The topological polar surface area (TPSA) is 58.2 Å². The molecule has 0 saturated carbocycles. The lowest BCUT2D eigenvalue weighted by molar-refractivity contribution is 0.601. The standard InChI is InChI=1S/C21H17Cl3N2O2S2/c1-2-13-3-10-20(26-30(27,28)16-8-9-18(23)19(24)12-16)17(11-13)21(29)25-15-6-4-14(22)5-7-15/h3-12,26H,2H2,1H3,(H,25,29). The van der Waals surface area contributed by atoms with Crippen LogP contribution in [0.3, 0.4) is 0 Å². The highest BCUT2D eigenvalue weighted by atomic mass is 35.5. The van der Waals surface area contributed by atoms with Crippen LogP contribution in [0.25, 0.3) is 0 Å². The van der Waals surface area contributed by atoms with Crippen LogP contribution in [0.2, 0.25) is 15.1 Å². The lowest BCUT2D eigenvalue weighted by Crippen LogP contribution is -2.18. The summed E-state index contributed by atoms with van der Waals surface area (Å²) >= 11 is 23.4. The van der Waals surface area contributed by atoms with E-state index in [4.69, 9.17) is 47.0 Å². The highest BCUT2D eigenvalue weighted by Crippen LogP contribution is 2.28. The first-order valence-electron chi connectivity index (χ1n) is 8.87. The molecule has 3 aromatic rings. The van der Waals surface area contributed by atoms with Gasteiger partial charge in [-0.3, -0.25) is 4.72 Å². The Morgan fingerprint density at radius 3 is 2.27 bits per heavy atom. The lowest BCUT2D eigenvalue weighted by Gasteiger charge is -2.16. The van der Waals surface area contributed by atoms with Gasteiger partial charge in [0.1, 0.15) is 4.99 Å². The van der Waals surface area contributed by atoms with Crippen LogP contribution in [0, 0.1) is 0 Å². The monoisotopic (exact) mass is 498 g/mol. The van der Waals surface area contributed by atoms with E-state index in [0.29, 0.717) is 21.3 Å². The van der Waals surface area contributed by atoms with Crippen LogP contribution in [0.4, 0.5) is 11.4 Å². The maximum atomic E-state index is 12.9. The summed E-state index contributed by atoms with van der Waals surface area (Å²) in [5.74, 6) is 0. The van der Waals surface area contributed by atoms with Crippen LogP contribution in [-0.2, 0) is 16.4 Å². The van der Waals surface area contributed by atoms with Crippen molar-refractivity contribution in [3.8, 4) is 0 Å². The summed E-state index contributed by atoms with van der Waals surface area (Å²) < 4.78 is 28.4. The summed E-state index contributed by atoms with van der Waals surface area (Å²) in [6.45, 7) is 2.01. The highest BCUT2D eigenvalue weighted by Gasteiger charge is 2.19. The van der Waals surface area contributed by atoms with Crippen LogP contribution >= 0.6 is 47.0 Å². The third-order valence-electron chi connectivity index (χ3n) is 4.28. The fourth-order valence-electron chi connectivity index (χ4n) is 2.67. The molecule has 2 N–H and O–H groups in total. The van der Waals surface area contributed by atoms with Crippen molar-refractivity contribution in [2.75, 3.05) is 10.0 Å². The first-order chi connectivity index (χ1) is 14.2. The van der Waals surface area contributed by atoms with Crippen molar-refractivity contribution in [3.63, 3.8) is 0 Å². The Labute approximate surface area is 196 Å². The van der Waals surface area contributed by atoms with Crippen molar-refractivity contribution in [3.05, 3.63) is 86.9 Å². The fourth-order valence-corrected chi connectivity index (χ4v) is 4.55. The minimum Gasteiger partial charge on any atom is -0.346 e. The zero-order valence-electron chi connectivity index (χ0n) is 15.7. The van der Waals surface area contributed by atoms with E-state index in [1.807, 2.05) is 19.1 Å². The molecule has 0 heterocycles. The molecule has 0 aliphatic rings. The molecular weight excluding hydrogens is 483 g/mol. The van der Waals surface area contributed by atoms with Crippen molar-refractivity contribution in [1.82, 2.24) is 0 Å². The summed E-state index contributed by atoms with van der Waals surface area (Å²) in [5.41, 5.74) is 2.67. The predicted octanol–water partition coefficient (Wildman–Crippen LogP) is 6.80. The van der Waals surface area contributed by atoms with E-state index in [0.717, 1.165) is 17.7 Å². The van der Waals surface area contributed by atoms with Crippen LogP contribution in [0.1, 0.15) is 18.1 Å². The number of benzene rings is 3. The Bertz CT molecular complexity index is 1200. The minimum absolute atomic E-state index is 0.000929. The minimum atomic E-state index is -3.90. The lowest BCUT2D eigenvalue weighted by atomic mass is 10.1. The molecule has 0 aliphatic heterocycles. The van der Waals surface area contributed by atoms with E-state index in [2.05, 4.69) is 10.0 Å². The Hall–Kier alpha value is -1.83. The van der Waals surface area contributed by atoms with Gasteiger partial charge < -0.3 is 5.32 Å². The number of sulfonamides is 1. The quantitative estimate of drug-likeness (QED) is 0.366. The van der Waals surface area contributed by atoms with Crippen LogP contribution in [0.5, 0.6) is 0 Å². The molecule has 0 radical (unpaired) electrons. The molecule has 0 aliphatic carbocycles. The second-order valence-electron chi connectivity index (χ2n) is 6.38. The van der Waals surface area contributed by atoms with E-state index in [1.54, 1.807) is 30.3 Å². The SMILES string of the molecule is CCc1ccc(NS(=O)(=O)c2ccc(Cl)c(Cl)c2)c(C(=S)Nc2ccc(Cl)cc2)c1. The number of hydrogen-bond acceptors (Lipinski definition) is 3. The summed E-state index contributed by atoms with van der Waals surface area (Å²) in [6, 6.07) is 16.6. The van der Waals surface area contributed by atoms with E-state index in [9.17, 15) is 8.42 Å². The average Bonchev–Trinajstić information content (AvgIpc) is 2.71. The van der Waals surface area contributed by atoms with Crippen LogP contribution in [-0.4, -0.2) is 13.4 Å². The molecule has 0 fully saturated rings. The number of nitrogens with one attached hydrogen (secondary N) is 2. The first kappa shape index (κ1) is 22.8. The molecule has 30 heavy (non-hydrogen) atoms. The maximum Gasteiger partial charge on any atom is 0.261 e. The van der Waals surface area contributed by atoms with Gasteiger partial charge >= 0.3 is 0 Å². The summed E-state index contributed by atoms with van der Waals surface area (Å²) in [7, 11) is -3.90. The molecule has 0 spiro atoms. The Morgan fingerprint density at radius 2 is 1.63 bits per heavy atom. The van der Waals surface area contributed by atoms with Crippen LogP contribution in [0.15, 0.2) is 65.6 Å². The maximum absolute atomic E-state index is 12.9. The third-order valence-corrected chi connectivity index (χ3v) is 6.96.